The van der Waals surface area contributed by atoms with Gasteiger partial charge >= 0.3 is 33.4 Å². The predicted octanol–water partition coefficient (Wildman–Crippen LogP) is 5.21. The SMILES string of the molecule is COC(=O)CC1=NC(CCc2ccccc2NS(=O)(=O)C(F)(F)F)=C(C(=O)OC)C(c2c(Cl)cccc2Cl)C1C(=O)OC. The Morgan fingerprint density at radius 2 is 1.56 bits per heavy atom. The molecule has 2 aromatic rings. The zero-order valence-corrected chi connectivity index (χ0v) is 25.2. The van der Waals surface area contributed by atoms with Gasteiger partial charge in [0.15, 0.2) is 0 Å². The normalized spacial score (nSPS) is 17.2. The van der Waals surface area contributed by atoms with E-state index in [4.69, 9.17) is 37.4 Å². The molecule has 232 valence electrons. The minimum atomic E-state index is -5.74. The average molecular weight is 665 g/mol. The largest absolute Gasteiger partial charge is 0.516 e. The summed E-state index contributed by atoms with van der Waals surface area (Å²) in [5.74, 6) is -5.24. The van der Waals surface area contributed by atoms with Gasteiger partial charge in [0.1, 0.15) is 5.92 Å². The van der Waals surface area contributed by atoms with Crippen LogP contribution < -0.4 is 4.72 Å². The van der Waals surface area contributed by atoms with Crippen molar-refractivity contribution < 1.29 is 50.2 Å². The van der Waals surface area contributed by atoms with Crippen LogP contribution in [0.1, 0.15) is 29.9 Å². The molecule has 2 atom stereocenters. The van der Waals surface area contributed by atoms with E-state index < -0.39 is 51.7 Å². The van der Waals surface area contributed by atoms with Gasteiger partial charge in [-0.25, -0.2) is 4.79 Å². The number of aliphatic imine (C=N–C) groups is 1. The fourth-order valence-electron chi connectivity index (χ4n) is 4.57. The molecule has 16 heteroatoms. The molecule has 0 aromatic heterocycles. The number of carbonyl (C=O) groups excluding carboxylic acids is 3. The van der Waals surface area contributed by atoms with E-state index in [1.165, 1.54) is 41.1 Å². The molecule has 2 unspecified atom stereocenters. The summed E-state index contributed by atoms with van der Waals surface area (Å²) in [5, 5.41) is 0.136. The molecule has 1 aliphatic heterocycles. The molecule has 3 rings (SSSR count). The van der Waals surface area contributed by atoms with Crippen molar-refractivity contribution in [2.45, 2.75) is 30.7 Å². The number of esters is 3. The van der Waals surface area contributed by atoms with Gasteiger partial charge < -0.3 is 14.2 Å². The Morgan fingerprint density at radius 3 is 2.12 bits per heavy atom. The molecule has 0 saturated carbocycles. The molecule has 0 fully saturated rings. The van der Waals surface area contributed by atoms with E-state index in [9.17, 15) is 36.0 Å². The summed E-state index contributed by atoms with van der Waals surface area (Å²) in [6.45, 7) is 0. The van der Waals surface area contributed by atoms with Crippen LogP contribution in [0.25, 0.3) is 0 Å². The lowest BCUT2D eigenvalue weighted by Crippen LogP contribution is -2.38. The molecule has 1 N–H and O–H groups in total. The minimum absolute atomic E-state index is 0.0135. The van der Waals surface area contributed by atoms with Crippen LogP contribution in [0.3, 0.4) is 0 Å². The standard InChI is InChI=1S/C27H25Cl2F3N2O8S/c1-40-20(35)13-19-23(26(37)42-3)24(21-15(28)8-6-9-16(21)29)22(25(36)41-2)18(33-19)12-11-14-7-4-5-10-17(14)34-43(38,39)27(30,31)32/h4-10,23-24,34H,11-13H2,1-3H3. The van der Waals surface area contributed by atoms with Gasteiger partial charge in [-0.2, -0.15) is 21.6 Å². The Morgan fingerprint density at radius 1 is 0.930 bits per heavy atom. The van der Waals surface area contributed by atoms with Crippen molar-refractivity contribution in [1.29, 1.82) is 0 Å². The topological polar surface area (TPSA) is 137 Å². The van der Waals surface area contributed by atoms with Gasteiger partial charge in [0.2, 0.25) is 0 Å². The number of halogens is 5. The van der Waals surface area contributed by atoms with Crippen LogP contribution >= 0.6 is 23.2 Å². The summed E-state index contributed by atoms with van der Waals surface area (Å²) >= 11 is 13.0. The molecule has 0 amide bonds. The van der Waals surface area contributed by atoms with Crippen molar-refractivity contribution in [2.24, 2.45) is 10.9 Å². The highest BCUT2D eigenvalue weighted by Gasteiger charge is 2.47. The van der Waals surface area contributed by atoms with Crippen molar-refractivity contribution in [3.8, 4) is 0 Å². The van der Waals surface area contributed by atoms with Crippen molar-refractivity contribution in [2.75, 3.05) is 26.1 Å². The summed E-state index contributed by atoms with van der Waals surface area (Å²) in [7, 11) is -2.44. The highest BCUT2D eigenvalue weighted by atomic mass is 35.5. The Bertz CT molecular complexity index is 1570. The molecule has 10 nitrogen and oxygen atoms in total. The molecule has 2 aromatic carbocycles. The third-order valence-corrected chi connectivity index (χ3v) is 8.27. The zero-order chi connectivity index (χ0) is 32.1. The maximum absolute atomic E-state index is 13.3. The fourth-order valence-corrected chi connectivity index (χ4v) is 5.80. The molecule has 0 saturated heterocycles. The number of aryl methyl sites for hydroxylation is 1. The molecular weight excluding hydrogens is 640 g/mol. The van der Waals surface area contributed by atoms with E-state index in [0.717, 1.165) is 27.4 Å². The number of hydrogen-bond acceptors (Lipinski definition) is 9. The number of nitrogens with zero attached hydrogens (tertiary/aromatic N) is 1. The monoisotopic (exact) mass is 664 g/mol. The average Bonchev–Trinajstić information content (AvgIpc) is 2.94. The van der Waals surface area contributed by atoms with Crippen molar-refractivity contribution in [3.63, 3.8) is 0 Å². The summed E-state index contributed by atoms with van der Waals surface area (Å²) < 4.78 is 79.0. The first-order chi connectivity index (χ1) is 20.2. The second kappa shape index (κ2) is 13.8. The van der Waals surface area contributed by atoms with Crippen LogP contribution in [0.15, 0.2) is 58.7 Å². The summed E-state index contributed by atoms with van der Waals surface area (Å²) in [6, 6.07) is 9.81. The highest BCUT2D eigenvalue weighted by molar-refractivity contribution is 7.93. The van der Waals surface area contributed by atoms with Crippen LogP contribution in [-0.2, 0) is 45.0 Å². The van der Waals surface area contributed by atoms with Gasteiger partial charge in [0.05, 0.1) is 44.7 Å². The van der Waals surface area contributed by atoms with Gasteiger partial charge in [-0.1, -0.05) is 47.5 Å². The van der Waals surface area contributed by atoms with Crippen molar-refractivity contribution in [1.82, 2.24) is 0 Å². The molecular formula is C27H25Cl2F3N2O8S. The van der Waals surface area contributed by atoms with Crippen LogP contribution in [0.4, 0.5) is 18.9 Å². The predicted molar refractivity (Wildman–Crippen MR) is 151 cm³/mol. The van der Waals surface area contributed by atoms with Gasteiger partial charge in [-0.05, 0) is 42.2 Å². The Kier molecular flexibility index (Phi) is 10.9. The lowest BCUT2D eigenvalue weighted by Gasteiger charge is -2.33. The minimum Gasteiger partial charge on any atom is -0.469 e. The van der Waals surface area contributed by atoms with Crippen molar-refractivity contribution >= 4 is 62.5 Å². The van der Waals surface area contributed by atoms with Crippen LogP contribution in [0.5, 0.6) is 0 Å². The van der Waals surface area contributed by atoms with Crippen LogP contribution in [-0.4, -0.2) is 58.9 Å². The number of anilines is 1. The lowest BCUT2D eigenvalue weighted by atomic mass is 9.74. The fraction of sp³-hybridized carbons (Fsp3) is 0.333. The number of hydrogen-bond donors (Lipinski definition) is 1. The van der Waals surface area contributed by atoms with Crippen LogP contribution in [0.2, 0.25) is 10.0 Å². The van der Waals surface area contributed by atoms with E-state index in [1.807, 2.05) is 0 Å². The number of sulfonamides is 1. The number of ether oxygens (including phenoxy) is 3. The van der Waals surface area contributed by atoms with E-state index >= 15 is 0 Å². The van der Waals surface area contributed by atoms with Crippen molar-refractivity contribution in [3.05, 3.63) is 74.9 Å². The number of carbonyl (C=O) groups is 3. The second-order valence-electron chi connectivity index (χ2n) is 9.03. The zero-order valence-electron chi connectivity index (χ0n) is 22.8. The first-order valence-corrected chi connectivity index (χ1v) is 14.5. The first-order valence-electron chi connectivity index (χ1n) is 12.3. The highest BCUT2D eigenvalue weighted by Crippen LogP contribution is 2.46. The summed E-state index contributed by atoms with van der Waals surface area (Å²) in [5.41, 5.74) is -5.91. The maximum atomic E-state index is 13.3. The quantitative estimate of drug-likeness (QED) is 0.270. The number of para-hydroxylation sites is 1. The number of rotatable bonds is 10. The maximum Gasteiger partial charge on any atom is 0.516 e. The van der Waals surface area contributed by atoms with E-state index in [-0.39, 0.29) is 56.7 Å². The Balaban J connectivity index is 2.24. The van der Waals surface area contributed by atoms with Gasteiger partial charge in [-0.3, -0.25) is 19.3 Å². The number of nitrogens with one attached hydrogen (secondary N) is 1. The smallest absolute Gasteiger partial charge is 0.469 e. The van der Waals surface area contributed by atoms with E-state index in [0.29, 0.717) is 0 Å². The summed E-state index contributed by atoms with van der Waals surface area (Å²) in [6.07, 6.45) is -0.839. The van der Waals surface area contributed by atoms with E-state index in [1.54, 1.807) is 0 Å². The van der Waals surface area contributed by atoms with Crippen LogP contribution in [0, 0.1) is 5.92 Å². The van der Waals surface area contributed by atoms with Gasteiger partial charge in [-0.15, -0.1) is 0 Å². The van der Waals surface area contributed by atoms with Gasteiger partial charge in [0, 0.05) is 21.7 Å². The number of allylic oxidation sites excluding steroid dienone is 1. The number of methoxy groups -OCH3 is 3. The molecule has 0 spiro atoms. The molecule has 1 heterocycles. The first kappa shape index (κ1) is 33.9. The third kappa shape index (κ3) is 7.48. The Hall–Kier alpha value is -3.62. The molecule has 43 heavy (non-hydrogen) atoms. The number of alkyl halides is 3. The van der Waals surface area contributed by atoms with Gasteiger partial charge in [0.25, 0.3) is 0 Å². The lowest BCUT2D eigenvalue weighted by molar-refractivity contribution is -0.143. The molecule has 0 radical (unpaired) electrons. The second-order valence-corrected chi connectivity index (χ2v) is 11.5. The Labute approximate surface area is 254 Å². The molecule has 0 aliphatic carbocycles. The summed E-state index contributed by atoms with van der Waals surface area (Å²) in [4.78, 5) is 43.3. The number of benzene rings is 2. The third-order valence-electron chi connectivity index (χ3n) is 6.51. The molecule has 1 aliphatic rings. The molecule has 0 bridgehead atoms. The van der Waals surface area contributed by atoms with E-state index in [2.05, 4.69) is 4.99 Å².